The maximum absolute atomic E-state index is 4.10. The zero-order chi connectivity index (χ0) is 13.0. The zero-order valence-electron chi connectivity index (χ0n) is 12.4. The molecule has 0 bridgehead atoms. The van der Waals surface area contributed by atoms with E-state index >= 15 is 0 Å². The molecule has 116 valence electrons. The van der Waals surface area contributed by atoms with Crippen molar-refractivity contribution in [2.24, 2.45) is 0 Å². The Morgan fingerprint density at radius 2 is 2.00 bits per heavy atom. The first kappa shape index (κ1) is 19.9. The highest BCUT2D eigenvalue weighted by molar-refractivity contribution is 7.12. The highest BCUT2D eigenvalue weighted by Gasteiger charge is 2.23. The molecule has 2 nitrogen and oxygen atoms in total. The normalized spacial score (nSPS) is 16.9. The lowest BCUT2D eigenvalue weighted by Crippen LogP contribution is -2.45. The number of hydrogen-bond acceptors (Lipinski definition) is 3. The summed E-state index contributed by atoms with van der Waals surface area (Å²) in [6.07, 6.45) is 2.23. The molecule has 1 saturated heterocycles. The van der Waals surface area contributed by atoms with Crippen LogP contribution in [0.25, 0.3) is 0 Å². The molecule has 1 aliphatic rings. The van der Waals surface area contributed by atoms with E-state index in [2.05, 4.69) is 42.8 Å². The minimum absolute atomic E-state index is 0. The molecule has 1 aromatic rings. The van der Waals surface area contributed by atoms with Crippen molar-refractivity contribution in [3.8, 4) is 0 Å². The fourth-order valence-electron chi connectivity index (χ4n) is 2.50. The number of rotatable bonds is 5. The van der Waals surface area contributed by atoms with Gasteiger partial charge in [0.1, 0.15) is 0 Å². The topological polar surface area (TPSA) is 15.3 Å². The second-order valence-electron chi connectivity index (χ2n) is 5.12. The van der Waals surface area contributed by atoms with Gasteiger partial charge in [0.05, 0.1) is 0 Å². The average Bonchev–Trinajstić information content (AvgIpc) is 2.85. The Hall–Kier alpha value is -0.0600. The fraction of sp³-hybridized carbons (Fsp3) is 0.600. The summed E-state index contributed by atoms with van der Waals surface area (Å²) < 4.78 is 0. The largest absolute Gasteiger partial charge is 0.314 e. The van der Waals surface area contributed by atoms with Crippen molar-refractivity contribution < 1.29 is 0 Å². The van der Waals surface area contributed by atoms with Crippen LogP contribution in [0.2, 0.25) is 0 Å². The van der Waals surface area contributed by atoms with Crippen molar-refractivity contribution in [3.05, 3.63) is 34.0 Å². The number of hydrogen-bond donors (Lipinski definition) is 1. The molecule has 5 heteroatoms. The number of nitrogens with one attached hydrogen (secondary N) is 1. The summed E-state index contributed by atoms with van der Waals surface area (Å²) in [7, 11) is 0. The van der Waals surface area contributed by atoms with Gasteiger partial charge in [0.15, 0.2) is 0 Å². The molecule has 1 fully saturated rings. The molecule has 2 rings (SSSR count). The van der Waals surface area contributed by atoms with Crippen LogP contribution in [-0.4, -0.2) is 31.1 Å². The van der Waals surface area contributed by atoms with Gasteiger partial charge in [-0.15, -0.1) is 42.7 Å². The lowest BCUT2D eigenvalue weighted by molar-refractivity contribution is 0.175. The number of thiophene rings is 1. The Kier molecular flexibility index (Phi) is 9.77. The molecule has 0 spiro atoms. The van der Waals surface area contributed by atoms with E-state index in [0.717, 1.165) is 39.0 Å². The summed E-state index contributed by atoms with van der Waals surface area (Å²) in [5.74, 6) is 0. The molecule has 1 aromatic heterocycles. The summed E-state index contributed by atoms with van der Waals surface area (Å²) in [4.78, 5) is 5.61. The first-order valence-corrected chi connectivity index (χ1v) is 7.70. The predicted octanol–water partition coefficient (Wildman–Crippen LogP) is 4.07. The molecule has 1 aliphatic heterocycles. The second-order valence-corrected chi connectivity index (χ2v) is 6.32. The minimum Gasteiger partial charge on any atom is -0.314 e. The lowest BCUT2D eigenvalue weighted by Gasteiger charge is -2.34. The van der Waals surface area contributed by atoms with E-state index in [1.54, 1.807) is 0 Å². The highest BCUT2D eigenvalue weighted by atomic mass is 35.5. The van der Waals surface area contributed by atoms with Gasteiger partial charge in [-0.1, -0.05) is 12.5 Å². The van der Waals surface area contributed by atoms with Gasteiger partial charge >= 0.3 is 0 Å². The van der Waals surface area contributed by atoms with Crippen molar-refractivity contribution in [1.82, 2.24) is 10.2 Å². The standard InChI is InChI=1S/C15H24N2S.2ClH/c1-4-13-5-6-15(18-13)14(11-12(2)3)17-9-7-16-8-10-17;;/h5-6,14,16H,2,4,7-11H2,1,3H3;2*1H/t14-;;/m1../s1. The average molecular weight is 337 g/mol. The van der Waals surface area contributed by atoms with E-state index < -0.39 is 0 Å². The number of aryl methyl sites for hydroxylation is 1. The smallest absolute Gasteiger partial charge is 0.0479 e. The maximum Gasteiger partial charge on any atom is 0.0479 e. The van der Waals surface area contributed by atoms with Crippen LogP contribution in [-0.2, 0) is 6.42 Å². The monoisotopic (exact) mass is 336 g/mol. The molecule has 0 aliphatic carbocycles. The Labute approximate surface area is 139 Å². The SMILES string of the molecule is C=C(C)C[C@H](c1ccc(CC)s1)N1CCNCC1.Cl.Cl. The van der Waals surface area contributed by atoms with E-state index in [9.17, 15) is 0 Å². The van der Waals surface area contributed by atoms with Gasteiger partial charge in [-0.2, -0.15) is 0 Å². The molecule has 1 atom stereocenters. The van der Waals surface area contributed by atoms with Crippen LogP contribution in [0.4, 0.5) is 0 Å². The third kappa shape index (κ3) is 5.38. The Morgan fingerprint density at radius 3 is 2.50 bits per heavy atom. The van der Waals surface area contributed by atoms with Gasteiger partial charge in [-0.25, -0.2) is 0 Å². The molecule has 0 aromatic carbocycles. The van der Waals surface area contributed by atoms with Crippen molar-refractivity contribution >= 4 is 36.2 Å². The van der Waals surface area contributed by atoms with E-state index in [-0.39, 0.29) is 24.8 Å². The fourth-order valence-corrected chi connectivity index (χ4v) is 3.58. The lowest BCUT2D eigenvalue weighted by atomic mass is 10.0. The third-order valence-electron chi connectivity index (χ3n) is 3.49. The van der Waals surface area contributed by atoms with Crippen LogP contribution < -0.4 is 5.32 Å². The van der Waals surface area contributed by atoms with Crippen molar-refractivity contribution in [3.63, 3.8) is 0 Å². The number of piperazine rings is 1. The van der Waals surface area contributed by atoms with Gasteiger partial charge in [-0.3, -0.25) is 4.90 Å². The van der Waals surface area contributed by atoms with Crippen LogP contribution in [0.3, 0.4) is 0 Å². The Balaban J connectivity index is 0.00000180. The summed E-state index contributed by atoms with van der Waals surface area (Å²) in [6, 6.07) is 5.14. The Morgan fingerprint density at radius 1 is 1.35 bits per heavy atom. The van der Waals surface area contributed by atoms with Crippen LogP contribution in [0, 0.1) is 0 Å². The van der Waals surface area contributed by atoms with Gasteiger partial charge in [0.2, 0.25) is 0 Å². The quantitative estimate of drug-likeness (QED) is 0.815. The molecule has 0 saturated carbocycles. The predicted molar refractivity (Wildman–Crippen MR) is 94.8 cm³/mol. The second kappa shape index (κ2) is 9.80. The van der Waals surface area contributed by atoms with Crippen LogP contribution in [0.1, 0.15) is 36.1 Å². The molecule has 0 radical (unpaired) electrons. The van der Waals surface area contributed by atoms with Gasteiger partial charge < -0.3 is 5.32 Å². The molecular formula is C15H26Cl2N2S. The van der Waals surface area contributed by atoms with Crippen molar-refractivity contribution in [2.75, 3.05) is 26.2 Å². The van der Waals surface area contributed by atoms with Crippen LogP contribution >= 0.6 is 36.2 Å². The van der Waals surface area contributed by atoms with E-state index in [1.807, 2.05) is 11.3 Å². The first-order chi connectivity index (χ1) is 8.70. The van der Waals surface area contributed by atoms with Gasteiger partial charge in [0.25, 0.3) is 0 Å². The molecule has 1 N–H and O–H groups in total. The highest BCUT2D eigenvalue weighted by Crippen LogP contribution is 2.32. The molecule has 0 unspecified atom stereocenters. The molecule has 20 heavy (non-hydrogen) atoms. The molecular weight excluding hydrogens is 311 g/mol. The van der Waals surface area contributed by atoms with Gasteiger partial charge in [0, 0.05) is 42.0 Å². The zero-order valence-corrected chi connectivity index (χ0v) is 14.8. The van der Waals surface area contributed by atoms with Gasteiger partial charge in [-0.05, 0) is 31.9 Å². The molecule has 2 heterocycles. The third-order valence-corrected chi connectivity index (χ3v) is 4.82. The van der Waals surface area contributed by atoms with E-state index in [0.29, 0.717) is 6.04 Å². The number of halogens is 2. The van der Waals surface area contributed by atoms with Crippen LogP contribution in [0.15, 0.2) is 24.3 Å². The van der Waals surface area contributed by atoms with Crippen molar-refractivity contribution in [2.45, 2.75) is 32.7 Å². The maximum atomic E-state index is 4.10. The van der Waals surface area contributed by atoms with E-state index in [4.69, 9.17) is 0 Å². The molecule has 0 amide bonds. The van der Waals surface area contributed by atoms with Crippen molar-refractivity contribution in [1.29, 1.82) is 0 Å². The summed E-state index contributed by atoms with van der Waals surface area (Å²) >= 11 is 1.97. The van der Waals surface area contributed by atoms with E-state index in [1.165, 1.54) is 15.3 Å². The first-order valence-electron chi connectivity index (χ1n) is 6.88. The minimum atomic E-state index is 0. The Bertz CT molecular complexity index is 400. The number of nitrogens with zero attached hydrogens (tertiary/aromatic N) is 1. The summed E-state index contributed by atoms with van der Waals surface area (Å²) in [5.41, 5.74) is 1.28. The summed E-state index contributed by atoms with van der Waals surface area (Å²) in [6.45, 7) is 13.0. The van der Waals surface area contributed by atoms with Crippen LogP contribution in [0.5, 0.6) is 0 Å². The summed E-state index contributed by atoms with van der Waals surface area (Å²) in [5, 5.41) is 3.43.